The minimum Gasteiger partial charge on any atom is -0.480 e. The van der Waals surface area contributed by atoms with Crippen molar-refractivity contribution >= 4 is 22.4 Å². The number of hydrogen-bond donors (Lipinski definition) is 0. The van der Waals surface area contributed by atoms with E-state index < -0.39 is 0 Å². The van der Waals surface area contributed by atoms with Gasteiger partial charge in [0.2, 0.25) is 5.88 Å². The molecule has 7 nitrogen and oxygen atoms in total. The number of aryl methyl sites for hydroxylation is 1. The molecule has 7 heteroatoms. The van der Waals surface area contributed by atoms with Gasteiger partial charge in [0.15, 0.2) is 0 Å². The molecule has 0 atom stereocenters. The Morgan fingerprint density at radius 3 is 2.56 bits per heavy atom. The molecule has 1 aliphatic rings. The van der Waals surface area contributed by atoms with E-state index in [1.165, 1.54) is 6.33 Å². The van der Waals surface area contributed by atoms with Crippen molar-refractivity contribution in [2.24, 2.45) is 0 Å². The van der Waals surface area contributed by atoms with Crippen LogP contribution in [0.4, 0.5) is 11.5 Å². The molecular formula is C18H20N6O. The predicted molar refractivity (Wildman–Crippen MR) is 97.3 cm³/mol. The van der Waals surface area contributed by atoms with Crippen LogP contribution in [0.3, 0.4) is 0 Å². The Morgan fingerprint density at radius 1 is 1.00 bits per heavy atom. The fourth-order valence-electron chi connectivity index (χ4n) is 3.18. The molecule has 1 aliphatic heterocycles. The Hall–Kier alpha value is -2.96. The highest BCUT2D eigenvalue weighted by Gasteiger charge is 2.19. The summed E-state index contributed by atoms with van der Waals surface area (Å²) in [4.78, 5) is 22.0. The van der Waals surface area contributed by atoms with Gasteiger partial charge in [-0.25, -0.2) is 15.0 Å². The van der Waals surface area contributed by atoms with E-state index in [9.17, 15) is 0 Å². The summed E-state index contributed by atoms with van der Waals surface area (Å²) in [7, 11) is 1.64. The van der Waals surface area contributed by atoms with E-state index in [1.54, 1.807) is 13.3 Å². The lowest BCUT2D eigenvalue weighted by Crippen LogP contribution is -2.46. The Morgan fingerprint density at radius 2 is 1.80 bits per heavy atom. The Bertz CT molecular complexity index is 892. The largest absolute Gasteiger partial charge is 0.480 e. The summed E-state index contributed by atoms with van der Waals surface area (Å²) in [6.45, 7) is 5.66. The van der Waals surface area contributed by atoms with Crippen molar-refractivity contribution in [2.45, 2.75) is 6.92 Å². The summed E-state index contributed by atoms with van der Waals surface area (Å²) in [5.74, 6) is 1.56. The van der Waals surface area contributed by atoms with Crippen LogP contribution in [0.15, 0.2) is 36.9 Å². The molecule has 25 heavy (non-hydrogen) atoms. The van der Waals surface area contributed by atoms with Gasteiger partial charge in [-0.1, -0.05) is 0 Å². The standard InChI is InChI=1S/C18H20N6O/c1-13-10-19-11-17(22-13)24-7-5-23(6-8-24)14-3-4-16-15(9-14)18(25-2)21-12-20-16/h3-4,9-12H,5-8H2,1-2H3. The highest BCUT2D eigenvalue weighted by molar-refractivity contribution is 5.86. The number of aromatic nitrogens is 4. The number of piperazine rings is 1. The third kappa shape index (κ3) is 3.05. The molecule has 2 aromatic heterocycles. The molecule has 0 spiro atoms. The molecular weight excluding hydrogens is 316 g/mol. The van der Waals surface area contributed by atoms with Crippen molar-refractivity contribution in [3.8, 4) is 5.88 Å². The molecule has 1 aromatic carbocycles. The van der Waals surface area contributed by atoms with Crippen molar-refractivity contribution in [3.05, 3.63) is 42.6 Å². The van der Waals surface area contributed by atoms with Crippen LogP contribution >= 0.6 is 0 Å². The van der Waals surface area contributed by atoms with E-state index in [2.05, 4.69) is 41.9 Å². The molecule has 3 heterocycles. The molecule has 128 valence electrons. The van der Waals surface area contributed by atoms with Gasteiger partial charge in [-0.05, 0) is 25.1 Å². The summed E-state index contributed by atoms with van der Waals surface area (Å²) in [6.07, 6.45) is 5.15. The van der Waals surface area contributed by atoms with Gasteiger partial charge in [-0.3, -0.25) is 4.98 Å². The number of hydrogen-bond acceptors (Lipinski definition) is 7. The van der Waals surface area contributed by atoms with Crippen LogP contribution in [0.25, 0.3) is 10.9 Å². The van der Waals surface area contributed by atoms with E-state index in [1.807, 2.05) is 19.2 Å². The minimum absolute atomic E-state index is 0.612. The van der Waals surface area contributed by atoms with Crippen LogP contribution in [0.5, 0.6) is 5.88 Å². The molecule has 3 aromatic rings. The fourth-order valence-corrected chi connectivity index (χ4v) is 3.18. The van der Waals surface area contributed by atoms with Crippen molar-refractivity contribution in [1.29, 1.82) is 0 Å². The van der Waals surface area contributed by atoms with Gasteiger partial charge < -0.3 is 14.5 Å². The van der Waals surface area contributed by atoms with Crippen LogP contribution < -0.4 is 14.5 Å². The molecule has 0 N–H and O–H groups in total. The molecule has 0 saturated carbocycles. The topological polar surface area (TPSA) is 67.3 Å². The quantitative estimate of drug-likeness (QED) is 0.725. The zero-order valence-corrected chi connectivity index (χ0v) is 14.4. The predicted octanol–water partition coefficient (Wildman–Crippen LogP) is 2.06. The molecule has 0 unspecified atom stereocenters. The van der Waals surface area contributed by atoms with Crippen molar-refractivity contribution in [2.75, 3.05) is 43.1 Å². The van der Waals surface area contributed by atoms with Gasteiger partial charge in [-0.15, -0.1) is 0 Å². The smallest absolute Gasteiger partial charge is 0.224 e. The Kier molecular flexibility index (Phi) is 4.05. The Labute approximate surface area is 146 Å². The highest BCUT2D eigenvalue weighted by atomic mass is 16.5. The van der Waals surface area contributed by atoms with Gasteiger partial charge in [0.25, 0.3) is 0 Å². The molecule has 4 rings (SSSR count). The second kappa shape index (κ2) is 6.51. The van der Waals surface area contributed by atoms with E-state index >= 15 is 0 Å². The van der Waals surface area contributed by atoms with Crippen LogP contribution in [-0.2, 0) is 0 Å². The zero-order chi connectivity index (χ0) is 17.2. The fraction of sp³-hybridized carbons (Fsp3) is 0.333. The number of anilines is 2. The Balaban J connectivity index is 1.53. The molecule has 0 aliphatic carbocycles. The summed E-state index contributed by atoms with van der Waals surface area (Å²) in [6, 6.07) is 6.24. The van der Waals surface area contributed by atoms with Gasteiger partial charge in [0, 0.05) is 38.1 Å². The summed E-state index contributed by atoms with van der Waals surface area (Å²) in [5.41, 5.74) is 3.00. The number of benzene rings is 1. The van der Waals surface area contributed by atoms with E-state index in [0.29, 0.717) is 5.88 Å². The monoisotopic (exact) mass is 336 g/mol. The van der Waals surface area contributed by atoms with Gasteiger partial charge >= 0.3 is 0 Å². The van der Waals surface area contributed by atoms with Gasteiger partial charge in [0.05, 0.1) is 29.9 Å². The second-order valence-electron chi connectivity index (χ2n) is 6.08. The first-order valence-electron chi connectivity index (χ1n) is 8.32. The number of methoxy groups -OCH3 is 1. The summed E-state index contributed by atoms with van der Waals surface area (Å²) < 4.78 is 5.36. The van der Waals surface area contributed by atoms with Crippen molar-refractivity contribution < 1.29 is 4.74 Å². The number of rotatable bonds is 3. The average molecular weight is 336 g/mol. The second-order valence-corrected chi connectivity index (χ2v) is 6.08. The van der Waals surface area contributed by atoms with Crippen LogP contribution in [0.2, 0.25) is 0 Å². The normalized spacial score (nSPS) is 14.8. The number of fused-ring (bicyclic) bond motifs is 1. The maximum atomic E-state index is 5.36. The SMILES string of the molecule is COc1ncnc2ccc(N3CCN(c4cncc(C)n4)CC3)cc12. The van der Waals surface area contributed by atoms with Gasteiger partial charge in [0.1, 0.15) is 12.1 Å². The van der Waals surface area contributed by atoms with E-state index in [-0.39, 0.29) is 0 Å². The number of nitrogens with zero attached hydrogens (tertiary/aromatic N) is 6. The lowest BCUT2D eigenvalue weighted by Gasteiger charge is -2.36. The maximum absolute atomic E-state index is 5.36. The van der Waals surface area contributed by atoms with Crippen molar-refractivity contribution in [1.82, 2.24) is 19.9 Å². The minimum atomic E-state index is 0.612. The molecule has 0 bridgehead atoms. The average Bonchev–Trinajstić information content (AvgIpc) is 2.67. The lowest BCUT2D eigenvalue weighted by atomic mass is 10.2. The first-order chi connectivity index (χ1) is 12.2. The molecule has 0 amide bonds. The summed E-state index contributed by atoms with van der Waals surface area (Å²) >= 11 is 0. The molecule has 1 saturated heterocycles. The third-order valence-corrected chi connectivity index (χ3v) is 4.49. The zero-order valence-electron chi connectivity index (χ0n) is 14.4. The first kappa shape index (κ1) is 15.6. The molecule has 1 fully saturated rings. The maximum Gasteiger partial charge on any atom is 0.224 e. The first-order valence-corrected chi connectivity index (χ1v) is 8.32. The van der Waals surface area contributed by atoms with Crippen LogP contribution in [-0.4, -0.2) is 53.2 Å². The third-order valence-electron chi connectivity index (χ3n) is 4.49. The summed E-state index contributed by atoms with van der Waals surface area (Å²) in [5, 5.41) is 0.939. The van der Waals surface area contributed by atoms with Crippen molar-refractivity contribution in [3.63, 3.8) is 0 Å². The van der Waals surface area contributed by atoms with Crippen LogP contribution in [0, 0.1) is 6.92 Å². The van der Waals surface area contributed by atoms with E-state index in [0.717, 1.165) is 54.3 Å². The van der Waals surface area contributed by atoms with E-state index in [4.69, 9.17) is 4.74 Å². The highest BCUT2D eigenvalue weighted by Crippen LogP contribution is 2.27. The van der Waals surface area contributed by atoms with Crippen LogP contribution in [0.1, 0.15) is 5.69 Å². The van der Waals surface area contributed by atoms with Gasteiger partial charge in [-0.2, -0.15) is 0 Å². The lowest BCUT2D eigenvalue weighted by molar-refractivity contribution is 0.402. The molecule has 0 radical (unpaired) electrons. The number of ether oxygens (including phenoxy) is 1.